The first kappa shape index (κ1) is 15.4. The molecule has 0 radical (unpaired) electrons. The Morgan fingerprint density at radius 3 is 1.89 bits per heavy atom. The van der Waals surface area contributed by atoms with Gasteiger partial charge in [-0.15, -0.1) is 19.7 Å². The van der Waals surface area contributed by atoms with Crippen molar-refractivity contribution >= 4 is 11.9 Å². The number of cyclic esters (lactones) is 2. The quantitative estimate of drug-likeness (QED) is 0.417. The summed E-state index contributed by atoms with van der Waals surface area (Å²) in [7, 11) is 0. The van der Waals surface area contributed by atoms with Crippen LogP contribution in [-0.2, 0) is 14.3 Å². The first-order valence-corrected chi connectivity index (χ1v) is 6.38. The van der Waals surface area contributed by atoms with Crippen LogP contribution in [0.3, 0.4) is 0 Å². The molecular formula is C16H22O3. The molecule has 104 valence electrons. The van der Waals surface area contributed by atoms with Gasteiger partial charge in [-0.1, -0.05) is 16.7 Å². The van der Waals surface area contributed by atoms with Crippen LogP contribution in [0.25, 0.3) is 0 Å². The van der Waals surface area contributed by atoms with Crippen LogP contribution >= 0.6 is 0 Å². The standard InChI is InChI=1S/C16H22O3/c1-10(2)7-13-14(17)19-15(18)16(13,8-11(3)4)9-12(5)6/h13H,1,3,5,7-9H2,2,4,6H3. The van der Waals surface area contributed by atoms with E-state index in [0.717, 1.165) is 16.7 Å². The van der Waals surface area contributed by atoms with Gasteiger partial charge in [0.2, 0.25) is 0 Å². The lowest BCUT2D eigenvalue weighted by Gasteiger charge is -2.30. The molecule has 1 aliphatic rings. The highest BCUT2D eigenvalue weighted by Gasteiger charge is 2.56. The summed E-state index contributed by atoms with van der Waals surface area (Å²) < 4.78 is 4.89. The second-order valence-corrected chi connectivity index (χ2v) is 5.85. The van der Waals surface area contributed by atoms with Gasteiger partial charge in [-0.25, -0.2) is 0 Å². The van der Waals surface area contributed by atoms with Crippen molar-refractivity contribution in [3.63, 3.8) is 0 Å². The maximum Gasteiger partial charge on any atom is 0.321 e. The molecule has 1 atom stereocenters. The van der Waals surface area contributed by atoms with Crippen LogP contribution in [0.5, 0.6) is 0 Å². The molecule has 3 heteroatoms. The SMILES string of the molecule is C=C(C)CC1C(=O)OC(=O)C1(CC(=C)C)CC(=C)C. The second-order valence-electron chi connectivity index (χ2n) is 5.85. The van der Waals surface area contributed by atoms with Crippen LogP contribution < -0.4 is 0 Å². The third-order valence-electron chi connectivity index (χ3n) is 3.34. The van der Waals surface area contributed by atoms with Crippen LogP contribution in [-0.4, -0.2) is 11.9 Å². The normalized spacial score (nSPS) is 21.1. The summed E-state index contributed by atoms with van der Waals surface area (Å²) in [5.74, 6) is -1.38. The van der Waals surface area contributed by atoms with E-state index in [-0.39, 0.29) is 0 Å². The second kappa shape index (κ2) is 5.55. The Balaban J connectivity index is 3.23. The van der Waals surface area contributed by atoms with Gasteiger partial charge < -0.3 is 4.74 Å². The number of rotatable bonds is 6. The molecule has 0 spiro atoms. The van der Waals surface area contributed by atoms with E-state index < -0.39 is 23.3 Å². The monoisotopic (exact) mass is 262 g/mol. The molecule has 0 N–H and O–H groups in total. The van der Waals surface area contributed by atoms with Crippen molar-refractivity contribution in [3.05, 3.63) is 36.5 Å². The van der Waals surface area contributed by atoms with Gasteiger partial charge in [-0.3, -0.25) is 9.59 Å². The summed E-state index contributed by atoms with van der Waals surface area (Å²) in [6.45, 7) is 17.1. The van der Waals surface area contributed by atoms with E-state index in [1.807, 2.05) is 20.8 Å². The number of hydrogen-bond acceptors (Lipinski definition) is 3. The molecule has 0 amide bonds. The zero-order valence-electron chi connectivity index (χ0n) is 12.0. The van der Waals surface area contributed by atoms with E-state index in [0.29, 0.717) is 19.3 Å². The van der Waals surface area contributed by atoms with Crippen molar-refractivity contribution < 1.29 is 14.3 Å². The summed E-state index contributed by atoms with van der Waals surface area (Å²) in [6, 6.07) is 0. The Morgan fingerprint density at radius 2 is 1.53 bits per heavy atom. The van der Waals surface area contributed by atoms with Gasteiger partial charge in [0.25, 0.3) is 0 Å². The summed E-state index contributed by atoms with van der Waals surface area (Å²) in [5.41, 5.74) is 1.73. The molecule has 0 aliphatic carbocycles. The minimum absolute atomic E-state index is 0.447. The smallest absolute Gasteiger partial charge is 0.321 e. The number of esters is 2. The largest absolute Gasteiger partial charge is 0.392 e. The van der Waals surface area contributed by atoms with Crippen molar-refractivity contribution in [3.8, 4) is 0 Å². The summed E-state index contributed by atoms with van der Waals surface area (Å²) in [6.07, 6.45) is 1.36. The van der Waals surface area contributed by atoms with E-state index in [1.54, 1.807) is 0 Å². The summed E-state index contributed by atoms with van der Waals surface area (Å²) in [5, 5.41) is 0. The lowest BCUT2D eigenvalue weighted by atomic mass is 9.67. The molecule has 1 saturated heterocycles. The van der Waals surface area contributed by atoms with Crippen LogP contribution in [0.15, 0.2) is 36.5 Å². The minimum Gasteiger partial charge on any atom is -0.392 e. The van der Waals surface area contributed by atoms with Crippen molar-refractivity contribution in [1.29, 1.82) is 0 Å². The minimum atomic E-state index is -0.853. The fourth-order valence-electron chi connectivity index (χ4n) is 2.79. The lowest BCUT2D eigenvalue weighted by Crippen LogP contribution is -2.35. The highest BCUT2D eigenvalue weighted by Crippen LogP contribution is 2.48. The first-order valence-electron chi connectivity index (χ1n) is 6.38. The van der Waals surface area contributed by atoms with E-state index >= 15 is 0 Å². The molecule has 3 nitrogen and oxygen atoms in total. The molecule has 0 aromatic heterocycles. The van der Waals surface area contributed by atoms with E-state index in [9.17, 15) is 9.59 Å². The molecule has 1 heterocycles. The number of hydrogen-bond donors (Lipinski definition) is 0. The molecule has 0 aromatic rings. The molecule has 0 saturated carbocycles. The Bertz CT molecular complexity index is 441. The number of ether oxygens (including phenoxy) is 1. The van der Waals surface area contributed by atoms with Crippen molar-refractivity contribution in [2.24, 2.45) is 11.3 Å². The average molecular weight is 262 g/mol. The van der Waals surface area contributed by atoms with E-state index in [4.69, 9.17) is 4.74 Å². The van der Waals surface area contributed by atoms with Crippen LogP contribution in [0.2, 0.25) is 0 Å². The number of allylic oxidation sites excluding steroid dienone is 3. The van der Waals surface area contributed by atoms with Crippen molar-refractivity contribution in [2.75, 3.05) is 0 Å². The van der Waals surface area contributed by atoms with Crippen molar-refractivity contribution in [2.45, 2.75) is 40.0 Å². The van der Waals surface area contributed by atoms with E-state index in [1.165, 1.54) is 0 Å². The molecule has 1 fully saturated rings. The maximum absolute atomic E-state index is 12.2. The van der Waals surface area contributed by atoms with Gasteiger partial charge in [0.15, 0.2) is 0 Å². The van der Waals surface area contributed by atoms with Gasteiger partial charge in [-0.05, 0) is 40.0 Å². The van der Waals surface area contributed by atoms with Gasteiger partial charge in [0, 0.05) is 0 Å². The third-order valence-corrected chi connectivity index (χ3v) is 3.34. The Labute approximate surface area is 115 Å². The predicted octanol–water partition coefficient (Wildman–Crippen LogP) is 3.57. The van der Waals surface area contributed by atoms with Crippen LogP contribution in [0.1, 0.15) is 40.0 Å². The Kier molecular flexibility index (Phi) is 4.51. The molecule has 0 aromatic carbocycles. The highest BCUT2D eigenvalue weighted by molar-refractivity contribution is 5.99. The third kappa shape index (κ3) is 3.22. The molecule has 1 rings (SSSR count). The molecule has 1 unspecified atom stereocenters. The van der Waals surface area contributed by atoms with E-state index in [2.05, 4.69) is 19.7 Å². The van der Waals surface area contributed by atoms with Crippen LogP contribution in [0, 0.1) is 11.3 Å². The van der Waals surface area contributed by atoms with Gasteiger partial charge >= 0.3 is 11.9 Å². The predicted molar refractivity (Wildman–Crippen MR) is 75.3 cm³/mol. The Hall–Kier alpha value is -1.64. The maximum atomic E-state index is 12.2. The fourth-order valence-corrected chi connectivity index (χ4v) is 2.79. The lowest BCUT2D eigenvalue weighted by molar-refractivity contribution is -0.155. The average Bonchev–Trinajstić information content (AvgIpc) is 2.40. The van der Waals surface area contributed by atoms with Crippen molar-refractivity contribution in [1.82, 2.24) is 0 Å². The van der Waals surface area contributed by atoms with Gasteiger partial charge in [0.1, 0.15) is 0 Å². The zero-order chi connectivity index (χ0) is 14.8. The molecule has 1 aliphatic heterocycles. The topological polar surface area (TPSA) is 43.4 Å². The van der Waals surface area contributed by atoms with Gasteiger partial charge in [0.05, 0.1) is 11.3 Å². The number of carbonyl (C=O) groups is 2. The Morgan fingerprint density at radius 1 is 1.05 bits per heavy atom. The molecular weight excluding hydrogens is 240 g/mol. The summed E-state index contributed by atoms with van der Waals surface area (Å²) >= 11 is 0. The number of carbonyl (C=O) groups excluding carboxylic acids is 2. The summed E-state index contributed by atoms with van der Waals surface area (Å²) in [4.78, 5) is 24.2. The zero-order valence-corrected chi connectivity index (χ0v) is 12.0. The molecule has 19 heavy (non-hydrogen) atoms. The molecule has 0 bridgehead atoms. The first-order chi connectivity index (χ1) is 8.69. The van der Waals surface area contributed by atoms with Crippen LogP contribution in [0.4, 0.5) is 0 Å². The fraction of sp³-hybridized carbons (Fsp3) is 0.500. The highest BCUT2D eigenvalue weighted by atomic mass is 16.6. The van der Waals surface area contributed by atoms with Gasteiger partial charge in [-0.2, -0.15) is 0 Å².